The van der Waals surface area contributed by atoms with Crippen molar-refractivity contribution in [3.8, 4) is 0 Å². The third-order valence-corrected chi connectivity index (χ3v) is 1.12. The zero-order valence-corrected chi connectivity index (χ0v) is 7.08. The number of ether oxygens (including phenoxy) is 1. The van der Waals surface area contributed by atoms with E-state index in [9.17, 15) is 18.0 Å². The Balaban J connectivity index is 4.59. The maximum Gasteiger partial charge on any atom is 0.454 e. The lowest BCUT2D eigenvalue weighted by Gasteiger charge is -2.03. The van der Waals surface area contributed by atoms with Crippen LogP contribution in [0.4, 0.5) is 13.2 Å². The van der Waals surface area contributed by atoms with Gasteiger partial charge in [0.1, 0.15) is 5.76 Å². The number of carbonyl (C=O) groups is 1. The Morgan fingerprint density at radius 1 is 1.64 bits per heavy atom. The van der Waals surface area contributed by atoms with Gasteiger partial charge in [-0.05, 0) is 5.53 Å². The number of methoxy groups -OCH3 is 1. The lowest BCUT2D eigenvalue weighted by Crippen LogP contribution is -2.21. The van der Waals surface area contributed by atoms with E-state index in [1.165, 1.54) is 0 Å². The second kappa shape index (κ2) is 5.13. The first-order valence-corrected chi connectivity index (χ1v) is 3.28. The second-order valence-electron chi connectivity index (χ2n) is 2.07. The van der Waals surface area contributed by atoms with Crippen LogP contribution in [-0.4, -0.2) is 25.6 Å². The second-order valence-corrected chi connectivity index (χ2v) is 2.07. The van der Waals surface area contributed by atoms with Crippen LogP contribution in [0.15, 0.2) is 16.9 Å². The van der Waals surface area contributed by atoms with Gasteiger partial charge >= 0.3 is 6.18 Å². The molecule has 0 aromatic heterocycles. The van der Waals surface area contributed by atoms with Gasteiger partial charge in [0, 0.05) is 11.0 Å². The van der Waals surface area contributed by atoms with Crippen molar-refractivity contribution < 1.29 is 22.7 Å². The number of nitrogens with zero attached hydrogens (tertiary/aromatic N) is 3. The molecule has 14 heavy (non-hydrogen) atoms. The molecule has 0 unspecified atom stereocenters. The number of azide groups is 1. The van der Waals surface area contributed by atoms with Gasteiger partial charge in [-0.25, -0.2) is 0 Å². The van der Waals surface area contributed by atoms with Crippen molar-refractivity contribution in [3.63, 3.8) is 0 Å². The topological polar surface area (TPSA) is 75.1 Å². The number of carbonyl (C=O) groups excluding carboxylic acids is 1. The van der Waals surface area contributed by atoms with Gasteiger partial charge in [0.2, 0.25) is 0 Å². The Labute approximate surface area is 76.8 Å². The van der Waals surface area contributed by atoms with Crippen LogP contribution in [0.25, 0.3) is 10.4 Å². The van der Waals surface area contributed by atoms with Crippen molar-refractivity contribution in [3.05, 3.63) is 22.3 Å². The fourth-order valence-electron chi connectivity index (χ4n) is 0.498. The standard InChI is InChI=1S/C6H6F3N3O2/c1-14-4(3-11-12-10)2-5(13)6(7,8)9/h2H,3H2,1H3. The maximum absolute atomic E-state index is 11.7. The third kappa shape index (κ3) is 4.36. The minimum atomic E-state index is -4.94. The number of hydrogen-bond acceptors (Lipinski definition) is 3. The Hall–Kier alpha value is -1.69. The van der Waals surface area contributed by atoms with E-state index in [1.807, 2.05) is 0 Å². The van der Waals surface area contributed by atoms with Gasteiger partial charge in [0.25, 0.3) is 5.78 Å². The molecule has 8 heteroatoms. The van der Waals surface area contributed by atoms with Crippen molar-refractivity contribution in [2.24, 2.45) is 5.11 Å². The molecule has 0 aromatic carbocycles. The minimum Gasteiger partial charge on any atom is -0.501 e. The highest BCUT2D eigenvalue weighted by Gasteiger charge is 2.36. The number of ketones is 1. The summed E-state index contributed by atoms with van der Waals surface area (Å²) >= 11 is 0. The summed E-state index contributed by atoms with van der Waals surface area (Å²) in [6.45, 7) is -0.436. The molecule has 0 bridgehead atoms. The monoisotopic (exact) mass is 209 g/mol. The molecule has 0 N–H and O–H groups in total. The van der Waals surface area contributed by atoms with Gasteiger partial charge in [0.15, 0.2) is 0 Å². The number of rotatable bonds is 4. The van der Waals surface area contributed by atoms with Crippen LogP contribution in [0.2, 0.25) is 0 Å². The Morgan fingerprint density at radius 3 is 2.57 bits per heavy atom. The molecule has 0 radical (unpaired) electrons. The Kier molecular flexibility index (Phi) is 4.51. The molecule has 0 saturated carbocycles. The maximum atomic E-state index is 11.7. The Morgan fingerprint density at radius 2 is 2.21 bits per heavy atom. The molecule has 0 aliphatic heterocycles. The van der Waals surface area contributed by atoms with Crippen molar-refractivity contribution >= 4 is 5.78 Å². The van der Waals surface area contributed by atoms with E-state index in [0.717, 1.165) is 7.11 Å². The van der Waals surface area contributed by atoms with Crippen LogP contribution in [0.5, 0.6) is 0 Å². The van der Waals surface area contributed by atoms with Gasteiger partial charge < -0.3 is 4.74 Å². The lowest BCUT2D eigenvalue weighted by atomic mass is 10.3. The molecule has 5 nitrogen and oxygen atoms in total. The summed E-state index contributed by atoms with van der Waals surface area (Å²) in [7, 11) is 1.07. The lowest BCUT2D eigenvalue weighted by molar-refractivity contribution is -0.165. The fraction of sp³-hybridized carbons (Fsp3) is 0.500. The van der Waals surface area contributed by atoms with E-state index < -0.39 is 18.5 Å². The zero-order chi connectivity index (χ0) is 11.2. The summed E-state index contributed by atoms with van der Waals surface area (Å²) in [5.41, 5.74) is 7.87. The molecule has 0 spiro atoms. The van der Waals surface area contributed by atoms with Crippen molar-refractivity contribution in [1.82, 2.24) is 0 Å². The summed E-state index contributed by atoms with van der Waals surface area (Å²) in [6.07, 6.45) is -4.70. The molecule has 0 amide bonds. The highest BCUT2D eigenvalue weighted by molar-refractivity contribution is 5.94. The van der Waals surface area contributed by atoms with Gasteiger partial charge in [-0.15, -0.1) is 0 Å². The van der Waals surface area contributed by atoms with Crippen molar-refractivity contribution in [1.29, 1.82) is 0 Å². The first-order valence-electron chi connectivity index (χ1n) is 3.28. The van der Waals surface area contributed by atoms with Crippen LogP contribution in [0.1, 0.15) is 0 Å². The predicted octanol–water partition coefficient (Wildman–Crippen LogP) is 1.96. The van der Waals surface area contributed by atoms with Gasteiger partial charge in [-0.2, -0.15) is 13.2 Å². The highest BCUT2D eigenvalue weighted by Crippen LogP contribution is 2.17. The normalized spacial score (nSPS) is 11.9. The Bertz CT molecular complexity index is 291. The summed E-state index contributed by atoms with van der Waals surface area (Å²) in [5.74, 6) is -2.40. The van der Waals surface area contributed by atoms with Gasteiger partial charge in [-0.3, -0.25) is 4.79 Å². The molecule has 0 aliphatic rings. The molecule has 0 heterocycles. The minimum absolute atomic E-state index is 0.245. The van der Waals surface area contributed by atoms with Crippen molar-refractivity contribution in [2.75, 3.05) is 13.7 Å². The van der Waals surface area contributed by atoms with Crippen LogP contribution >= 0.6 is 0 Å². The number of allylic oxidation sites excluding steroid dienone is 1. The summed E-state index contributed by atoms with van der Waals surface area (Å²) in [6, 6.07) is 0. The molecule has 0 aliphatic carbocycles. The molecule has 0 atom stereocenters. The van der Waals surface area contributed by atoms with Crippen LogP contribution in [0.3, 0.4) is 0 Å². The number of halogens is 3. The van der Waals surface area contributed by atoms with Crippen LogP contribution < -0.4 is 0 Å². The van der Waals surface area contributed by atoms with E-state index in [1.54, 1.807) is 0 Å². The average Bonchev–Trinajstić information content (AvgIpc) is 2.10. The quantitative estimate of drug-likeness (QED) is 0.233. The molecule has 0 rings (SSSR count). The van der Waals surface area contributed by atoms with Crippen LogP contribution in [0, 0.1) is 0 Å². The molecular weight excluding hydrogens is 203 g/mol. The molecular formula is C6H6F3N3O2. The smallest absolute Gasteiger partial charge is 0.454 e. The summed E-state index contributed by atoms with van der Waals surface area (Å²) in [5, 5.41) is 2.95. The third-order valence-electron chi connectivity index (χ3n) is 1.12. The predicted molar refractivity (Wildman–Crippen MR) is 40.2 cm³/mol. The highest BCUT2D eigenvalue weighted by atomic mass is 19.4. The van der Waals surface area contributed by atoms with Crippen molar-refractivity contribution in [2.45, 2.75) is 6.18 Å². The van der Waals surface area contributed by atoms with E-state index in [4.69, 9.17) is 5.53 Å². The van der Waals surface area contributed by atoms with Gasteiger partial charge in [0.05, 0.1) is 13.7 Å². The van der Waals surface area contributed by atoms with E-state index in [-0.39, 0.29) is 11.8 Å². The first-order chi connectivity index (χ1) is 6.41. The molecule has 78 valence electrons. The number of hydrogen-bond donors (Lipinski definition) is 0. The molecule has 0 aromatic rings. The number of alkyl halides is 3. The van der Waals surface area contributed by atoms with Crippen LogP contribution in [-0.2, 0) is 9.53 Å². The SMILES string of the molecule is COC(=CC(=O)C(F)(F)F)CN=[N+]=[N-]. The molecule has 0 fully saturated rings. The molecule has 0 saturated heterocycles. The first kappa shape index (κ1) is 12.3. The van der Waals surface area contributed by atoms with E-state index >= 15 is 0 Å². The summed E-state index contributed by atoms with van der Waals surface area (Å²) < 4.78 is 39.5. The largest absolute Gasteiger partial charge is 0.501 e. The average molecular weight is 209 g/mol. The van der Waals surface area contributed by atoms with E-state index in [2.05, 4.69) is 14.8 Å². The summed E-state index contributed by atoms with van der Waals surface area (Å²) in [4.78, 5) is 12.7. The zero-order valence-electron chi connectivity index (χ0n) is 7.08. The van der Waals surface area contributed by atoms with Gasteiger partial charge in [-0.1, -0.05) is 5.11 Å². The fourth-order valence-corrected chi connectivity index (χ4v) is 0.498. The van der Waals surface area contributed by atoms with E-state index in [0.29, 0.717) is 0 Å².